The molecule has 0 aliphatic rings. The Morgan fingerprint density at radius 3 is 2.09 bits per heavy atom. The molecule has 0 saturated carbocycles. The van der Waals surface area contributed by atoms with Crippen LogP contribution in [0.2, 0.25) is 0 Å². The third kappa shape index (κ3) is 2.35. The van der Waals surface area contributed by atoms with Crippen LogP contribution in [-0.2, 0) is 0 Å². The number of rotatable bonds is 3. The van der Waals surface area contributed by atoms with Crippen molar-refractivity contribution in [1.82, 2.24) is 0 Å². The maximum absolute atomic E-state index is 10.7. The molecule has 0 aliphatic heterocycles. The van der Waals surface area contributed by atoms with Gasteiger partial charge in [-0.25, -0.2) is 0 Å². The smallest absolute Gasteiger partial charge is 0.131 e. The zero-order valence-corrected chi connectivity index (χ0v) is 12.9. The van der Waals surface area contributed by atoms with E-state index in [0.717, 1.165) is 39.0 Å². The number of benzene rings is 3. The molecule has 1 N–H and O–H groups in total. The van der Waals surface area contributed by atoms with E-state index in [2.05, 4.69) is 6.07 Å². The zero-order chi connectivity index (χ0) is 15.7. The van der Waals surface area contributed by atoms with Crippen LogP contribution in [0.25, 0.3) is 21.9 Å². The fourth-order valence-electron chi connectivity index (χ4n) is 2.75. The summed E-state index contributed by atoms with van der Waals surface area (Å²) in [5, 5.41) is 12.5. The minimum absolute atomic E-state index is 0.294. The molecule has 0 atom stereocenters. The third-order valence-electron chi connectivity index (χ3n) is 3.90. The summed E-state index contributed by atoms with van der Waals surface area (Å²) in [4.78, 5) is 0. The van der Waals surface area contributed by atoms with Crippen LogP contribution in [0, 0.1) is 6.92 Å². The van der Waals surface area contributed by atoms with Crippen molar-refractivity contribution in [3.8, 4) is 28.4 Å². The lowest BCUT2D eigenvalue weighted by atomic mass is 9.95. The fraction of sp³-hybridized carbons (Fsp3) is 0.158. The standard InChI is InChI=1S/C19H18O3/c1-12-10-14-11-16(22-3)8-9-17(14)19(20)18(12)13-4-6-15(21-2)7-5-13/h4-11,20H,1-3H3. The van der Waals surface area contributed by atoms with Crippen molar-refractivity contribution in [3.05, 3.63) is 54.1 Å². The number of fused-ring (bicyclic) bond motifs is 1. The van der Waals surface area contributed by atoms with Gasteiger partial charge >= 0.3 is 0 Å². The van der Waals surface area contributed by atoms with Gasteiger partial charge < -0.3 is 14.6 Å². The minimum Gasteiger partial charge on any atom is -0.507 e. The Morgan fingerprint density at radius 1 is 0.818 bits per heavy atom. The molecule has 22 heavy (non-hydrogen) atoms. The average Bonchev–Trinajstić information content (AvgIpc) is 2.55. The molecule has 3 nitrogen and oxygen atoms in total. The van der Waals surface area contributed by atoms with E-state index >= 15 is 0 Å². The van der Waals surface area contributed by atoms with Gasteiger partial charge in [-0.15, -0.1) is 0 Å². The minimum atomic E-state index is 0.294. The van der Waals surface area contributed by atoms with Crippen molar-refractivity contribution >= 4 is 10.8 Å². The molecule has 3 heteroatoms. The van der Waals surface area contributed by atoms with Crippen LogP contribution >= 0.6 is 0 Å². The van der Waals surface area contributed by atoms with Gasteiger partial charge in [-0.3, -0.25) is 0 Å². The van der Waals surface area contributed by atoms with Crippen molar-refractivity contribution in [2.75, 3.05) is 14.2 Å². The summed E-state index contributed by atoms with van der Waals surface area (Å²) >= 11 is 0. The predicted molar refractivity (Wildman–Crippen MR) is 88.9 cm³/mol. The van der Waals surface area contributed by atoms with E-state index < -0.39 is 0 Å². The molecule has 112 valence electrons. The average molecular weight is 294 g/mol. The molecule has 3 rings (SSSR count). The second kappa shape index (κ2) is 5.60. The van der Waals surface area contributed by atoms with Crippen molar-refractivity contribution < 1.29 is 14.6 Å². The van der Waals surface area contributed by atoms with E-state index in [9.17, 15) is 5.11 Å². The number of methoxy groups -OCH3 is 2. The lowest BCUT2D eigenvalue weighted by Crippen LogP contribution is -1.89. The first-order chi connectivity index (χ1) is 10.6. The number of aryl methyl sites for hydroxylation is 1. The van der Waals surface area contributed by atoms with Gasteiger partial charge in [-0.2, -0.15) is 0 Å². The summed E-state index contributed by atoms with van der Waals surface area (Å²) in [6, 6.07) is 15.4. The van der Waals surface area contributed by atoms with Gasteiger partial charge in [-0.05, 0) is 53.8 Å². The van der Waals surface area contributed by atoms with E-state index in [1.54, 1.807) is 14.2 Å². The molecule has 0 aromatic heterocycles. The van der Waals surface area contributed by atoms with Gasteiger partial charge in [0.2, 0.25) is 0 Å². The molecule has 0 heterocycles. The molecule has 0 unspecified atom stereocenters. The fourth-order valence-corrected chi connectivity index (χ4v) is 2.75. The molecule has 0 bridgehead atoms. The van der Waals surface area contributed by atoms with Crippen molar-refractivity contribution in [2.45, 2.75) is 6.92 Å². The van der Waals surface area contributed by atoms with Gasteiger partial charge in [0.05, 0.1) is 14.2 Å². The van der Waals surface area contributed by atoms with Crippen LogP contribution in [0.3, 0.4) is 0 Å². The van der Waals surface area contributed by atoms with Crippen LogP contribution in [0.5, 0.6) is 17.2 Å². The first-order valence-electron chi connectivity index (χ1n) is 7.09. The van der Waals surface area contributed by atoms with Crippen molar-refractivity contribution in [2.24, 2.45) is 0 Å². The predicted octanol–water partition coefficient (Wildman–Crippen LogP) is 4.54. The monoisotopic (exact) mass is 294 g/mol. The molecule has 3 aromatic rings. The maximum atomic E-state index is 10.7. The normalized spacial score (nSPS) is 10.7. The molecule has 0 fully saturated rings. The Labute approximate surface area is 129 Å². The van der Waals surface area contributed by atoms with Crippen LogP contribution < -0.4 is 9.47 Å². The van der Waals surface area contributed by atoms with Crippen molar-refractivity contribution in [1.29, 1.82) is 0 Å². The summed E-state index contributed by atoms with van der Waals surface area (Å²) in [6.45, 7) is 2.00. The van der Waals surface area contributed by atoms with Crippen LogP contribution in [0.1, 0.15) is 5.56 Å². The lowest BCUT2D eigenvalue weighted by Gasteiger charge is -2.13. The number of ether oxygens (including phenoxy) is 2. The summed E-state index contributed by atoms with van der Waals surface area (Å²) < 4.78 is 10.4. The highest BCUT2D eigenvalue weighted by Gasteiger charge is 2.13. The Balaban J connectivity index is 2.20. The molecular weight excluding hydrogens is 276 g/mol. The third-order valence-corrected chi connectivity index (χ3v) is 3.90. The number of phenolic OH excluding ortho intramolecular Hbond substituents is 1. The Morgan fingerprint density at radius 2 is 1.45 bits per heavy atom. The molecule has 0 spiro atoms. The van der Waals surface area contributed by atoms with Crippen LogP contribution in [0.15, 0.2) is 48.5 Å². The first kappa shape index (κ1) is 14.3. The van der Waals surface area contributed by atoms with Gasteiger partial charge in [0.1, 0.15) is 17.2 Å². The SMILES string of the molecule is COc1ccc(-c2c(C)cc3cc(OC)ccc3c2O)cc1. The molecule has 3 aromatic carbocycles. The molecule has 0 saturated heterocycles. The summed E-state index contributed by atoms with van der Waals surface area (Å²) in [5.41, 5.74) is 2.83. The highest BCUT2D eigenvalue weighted by atomic mass is 16.5. The number of aromatic hydroxyl groups is 1. The topological polar surface area (TPSA) is 38.7 Å². The second-order valence-electron chi connectivity index (χ2n) is 5.23. The number of hydrogen-bond acceptors (Lipinski definition) is 3. The molecular formula is C19H18O3. The summed E-state index contributed by atoms with van der Waals surface area (Å²) in [6.07, 6.45) is 0. The number of phenols is 1. The van der Waals surface area contributed by atoms with E-state index in [4.69, 9.17) is 9.47 Å². The van der Waals surface area contributed by atoms with Gasteiger partial charge in [-0.1, -0.05) is 18.2 Å². The summed E-state index contributed by atoms with van der Waals surface area (Å²) in [7, 11) is 3.28. The lowest BCUT2D eigenvalue weighted by molar-refractivity contribution is 0.415. The molecule has 0 aliphatic carbocycles. The largest absolute Gasteiger partial charge is 0.507 e. The van der Waals surface area contributed by atoms with Crippen LogP contribution in [-0.4, -0.2) is 19.3 Å². The summed E-state index contributed by atoms with van der Waals surface area (Å²) in [5.74, 6) is 1.87. The Kier molecular flexibility index (Phi) is 3.63. The molecule has 0 amide bonds. The highest BCUT2D eigenvalue weighted by molar-refractivity contribution is 5.97. The van der Waals surface area contributed by atoms with E-state index in [1.807, 2.05) is 49.4 Å². The Bertz CT molecular complexity index is 820. The Hall–Kier alpha value is -2.68. The zero-order valence-electron chi connectivity index (χ0n) is 12.9. The first-order valence-corrected chi connectivity index (χ1v) is 7.09. The van der Waals surface area contributed by atoms with Gasteiger partial charge in [0, 0.05) is 10.9 Å². The van der Waals surface area contributed by atoms with Crippen LogP contribution in [0.4, 0.5) is 0 Å². The van der Waals surface area contributed by atoms with Crippen molar-refractivity contribution in [3.63, 3.8) is 0 Å². The number of hydrogen-bond donors (Lipinski definition) is 1. The maximum Gasteiger partial charge on any atom is 0.131 e. The quantitative estimate of drug-likeness (QED) is 0.771. The van der Waals surface area contributed by atoms with E-state index in [1.165, 1.54) is 0 Å². The van der Waals surface area contributed by atoms with E-state index in [0.29, 0.717) is 5.75 Å². The van der Waals surface area contributed by atoms with Gasteiger partial charge in [0.15, 0.2) is 0 Å². The second-order valence-corrected chi connectivity index (χ2v) is 5.23. The highest BCUT2D eigenvalue weighted by Crippen LogP contribution is 2.40. The van der Waals surface area contributed by atoms with Gasteiger partial charge in [0.25, 0.3) is 0 Å². The van der Waals surface area contributed by atoms with E-state index in [-0.39, 0.29) is 0 Å². The molecule has 0 radical (unpaired) electrons.